The van der Waals surface area contributed by atoms with Crippen molar-refractivity contribution in [3.63, 3.8) is 0 Å². The van der Waals surface area contributed by atoms with E-state index >= 15 is 0 Å². The predicted molar refractivity (Wildman–Crippen MR) is 153 cm³/mol. The highest BCUT2D eigenvalue weighted by Gasteiger charge is 2.22. The lowest BCUT2D eigenvalue weighted by atomic mass is 10.1. The van der Waals surface area contributed by atoms with E-state index < -0.39 is 5.91 Å². The number of benzene rings is 2. The smallest absolute Gasteiger partial charge is 0.267 e. The minimum Gasteiger partial charge on any atom is -0.383 e. The summed E-state index contributed by atoms with van der Waals surface area (Å²) in [6, 6.07) is 18.7. The van der Waals surface area contributed by atoms with Crippen molar-refractivity contribution >= 4 is 28.4 Å². The molecule has 1 amide bonds. The van der Waals surface area contributed by atoms with E-state index in [0.717, 1.165) is 53.7 Å². The number of amides is 1. The van der Waals surface area contributed by atoms with Crippen molar-refractivity contribution < 1.29 is 4.79 Å². The van der Waals surface area contributed by atoms with E-state index in [-0.39, 0.29) is 11.1 Å². The molecule has 0 bridgehead atoms. The van der Waals surface area contributed by atoms with E-state index in [0.29, 0.717) is 23.2 Å². The maximum Gasteiger partial charge on any atom is 0.267 e. The summed E-state index contributed by atoms with van der Waals surface area (Å²) in [7, 11) is 0. The number of rotatable bonds is 5. The van der Waals surface area contributed by atoms with Gasteiger partial charge in [0.1, 0.15) is 23.4 Å². The maximum absolute atomic E-state index is 13.1. The number of carbonyl (C=O) groups is 1. The summed E-state index contributed by atoms with van der Waals surface area (Å²) in [6.07, 6.45) is 7.31. The number of nitrogens with one attached hydrogen (secondary N) is 2. The second kappa shape index (κ2) is 10.2. The Morgan fingerprint density at radius 3 is 2.51 bits per heavy atom. The first-order valence-corrected chi connectivity index (χ1v) is 13.0. The summed E-state index contributed by atoms with van der Waals surface area (Å²) < 4.78 is 3.69. The van der Waals surface area contributed by atoms with Crippen molar-refractivity contribution in [2.24, 2.45) is 0 Å². The number of hydrogen-bond acceptors (Lipinski definition) is 6. The third kappa shape index (κ3) is 4.68. The summed E-state index contributed by atoms with van der Waals surface area (Å²) in [6.45, 7) is 3.91. The number of nitrogens with zero attached hydrogens (tertiary/aromatic N) is 4. The number of nitrogen functional groups attached to an aromatic ring is 1. The highest BCUT2D eigenvalue weighted by molar-refractivity contribution is 6.04. The number of piperidine rings is 1. The molecule has 0 saturated carbocycles. The van der Waals surface area contributed by atoms with Crippen LogP contribution in [0.25, 0.3) is 27.8 Å². The standard InChI is InChI=1S/C30H29N7O2/c1-19-4-10-22(11-5-19)36-16-2-3-24(30(36)39)29(38)35-21-8-6-20(7-9-21)25-17-37(23-12-14-32-15-13-23)28-26(25)27(31)33-18-34-28/h2-11,16-18,23,32H,12-15H2,1H3,(H,35,38)(H2,31,33,34). The molecule has 0 spiro atoms. The first-order chi connectivity index (χ1) is 19.0. The zero-order chi connectivity index (χ0) is 26.9. The Kier molecular flexibility index (Phi) is 6.42. The number of hydrogen-bond donors (Lipinski definition) is 3. The molecule has 9 heteroatoms. The SMILES string of the molecule is Cc1ccc(-n2cccc(C(=O)Nc3ccc(-c4cn(C5CCNCC5)c5ncnc(N)c45)cc3)c2=O)cc1. The lowest BCUT2D eigenvalue weighted by molar-refractivity contribution is 0.102. The zero-order valence-electron chi connectivity index (χ0n) is 21.6. The van der Waals surface area contributed by atoms with E-state index in [4.69, 9.17) is 5.73 Å². The zero-order valence-corrected chi connectivity index (χ0v) is 21.6. The summed E-state index contributed by atoms with van der Waals surface area (Å²) in [5.41, 5.74) is 11.1. The molecule has 0 radical (unpaired) electrons. The molecule has 4 heterocycles. The number of carbonyl (C=O) groups excluding carboxylic acids is 1. The first-order valence-electron chi connectivity index (χ1n) is 13.0. The molecule has 2 aromatic carbocycles. The Labute approximate surface area is 225 Å². The number of pyridine rings is 1. The Morgan fingerprint density at radius 2 is 1.77 bits per heavy atom. The molecular formula is C30H29N7O2. The second-order valence-corrected chi connectivity index (χ2v) is 9.85. The van der Waals surface area contributed by atoms with Gasteiger partial charge in [0.25, 0.3) is 11.5 Å². The molecule has 0 aliphatic carbocycles. The van der Waals surface area contributed by atoms with E-state index in [1.807, 2.05) is 55.5 Å². The topological polar surface area (TPSA) is 120 Å². The lowest BCUT2D eigenvalue weighted by Crippen LogP contribution is -2.29. The summed E-state index contributed by atoms with van der Waals surface area (Å²) in [4.78, 5) is 34.9. The van der Waals surface area contributed by atoms with Crippen molar-refractivity contribution in [3.8, 4) is 16.8 Å². The van der Waals surface area contributed by atoms with Gasteiger partial charge in [-0.1, -0.05) is 29.8 Å². The lowest BCUT2D eigenvalue weighted by Gasteiger charge is -2.24. The molecule has 0 atom stereocenters. The third-order valence-corrected chi connectivity index (χ3v) is 7.30. The van der Waals surface area contributed by atoms with Gasteiger partial charge >= 0.3 is 0 Å². The monoisotopic (exact) mass is 519 g/mol. The number of aromatic nitrogens is 4. The van der Waals surface area contributed by atoms with Crippen LogP contribution in [0.5, 0.6) is 0 Å². The van der Waals surface area contributed by atoms with Crippen LogP contribution >= 0.6 is 0 Å². The van der Waals surface area contributed by atoms with Crippen LogP contribution in [-0.2, 0) is 0 Å². The quantitative estimate of drug-likeness (QED) is 0.318. The fourth-order valence-corrected chi connectivity index (χ4v) is 5.20. The number of anilines is 2. The summed E-state index contributed by atoms with van der Waals surface area (Å²) >= 11 is 0. The van der Waals surface area contributed by atoms with Crippen LogP contribution in [0.4, 0.5) is 11.5 Å². The normalized spacial score (nSPS) is 14.0. The molecule has 39 heavy (non-hydrogen) atoms. The van der Waals surface area contributed by atoms with Crippen molar-refractivity contribution in [3.05, 3.63) is 101 Å². The highest BCUT2D eigenvalue weighted by Crippen LogP contribution is 2.36. The molecule has 1 fully saturated rings. The first kappa shape index (κ1) is 24.6. The van der Waals surface area contributed by atoms with Crippen molar-refractivity contribution in [1.29, 1.82) is 0 Å². The van der Waals surface area contributed by atoms with E-state index in [9.17, 15) is 9.59 Å². The van der Waals surface area contributed by atoms with Gasteiger partial charge in [-0.3, -0.25) is 14.2 Å². The average molecular weight is 520 g/mol. The van der Waals surface area contributed by atoms with Gasteiger partial charge in [-0.05, 0) is 74.8 Å². The summed E-state index contributed by atoms with van der Waals surface area (Å²) in [5.74, 6) is -0.0247. The van der Waals surface area contributed by atoms with E-state index in [1.165, 1.54) is 17.0 Å². The van der Waals surface area contributed by atoms with Crippen LogP contribution in [0.1, 0.15) is 34.8 Å². The van der Waals surface area contributed by atoms with Gasteiger partial charge in [-0.2, -0.15) is 0 Å². The fraction of sp³-hybridized carbons (Fsp3) is 0.200. The second-order valence-electron chi connectivity index (χ2n) is 9.85. The molecule has 3 aromatic heterocycles. The Morgan fingerprint density at radius 1 is 1.03 bits per heavy atom. The van der Waals surface area contributed by atoms with E-state index in [1.54, 1.807) is 12.3 Å². The van der Waals surface area contributed by atoms with Crippen LogP contribution < -0.4 is 21.9 Å². The van der Waals surface area contributed by atoms with E-state index in [2.05, 4.69) is 31.4 Å². The molecular weight excluding hydrogens is 490 g/mol. The van der Waals surface area contributed by atoms with Crippen molar-refractivity contribution in [1.82, 2.24) is 24.4 Å². The largest absolute Gasteiger partial charge is 0.383 e. The molecule has 5 aromatic rings. The predicted octanol–water partition coefficient (Wildman–Crippen LogP) is 4.32. The molecule has 1 saturated heterocycles. The van der Waals surface area contributed by atoms with Gasteiger partial charge in [0.2, 0.25) is 0 Å². The third-order valence-electron chi connectivity index (χ3n) is 7.30. The van der Waals surface area contributed by atoms with Gasteiger partial charge in [-0.25, -0.2) is 9.97 Å². The van der Waals surface area contributed by atoms with Gasteiger partial charge in [0.05, 0.1) is 5.39 Å². The van der Waals surface area contributed by atoms with Crippen LogP contribution in [0.2, 0.25) is 0 Å². The van der Waals surface area contributed by atoms with Crippen LogP contribution in [0, 0.1) is 6.92 Å². The van der Waals surface area contributed by atoms with Gasteiger partial charge in [0, 0.05) is 35.4 Å². The molecule has 0 unspecified atom stereocenters. The van der Waals surface area contributed by atoms with Crippen molar-refractivity contribution in [2.45, 2.75) is 25.8 Å². The molecule has 1 aliphatic heterocycles. The Hall–Kier alpha value is -4.76. The maximum atomic E-state index is 13.1. The van der Waals surface area contributed by atoms with Gasteiger partial charge in [0.15, 0.2) is 0 Å². The number of fused-ring (bicyclic) bond motifs is 1. The molecule has 9 nitrogen and oxygen atoms in total. The summed E-state index contributed by atoms with van der Waals surface area (Å²) in [5, 5.41) is 7.09. The number of aryl methyl sites for hydroxylation is 1. The average Bonchev–Trinajstić information content (AvgIpc) is 3.36. The van der Waals surface area contributed by atoms with Crippen LogP contribution in [0.15, 0.2) is 84.2 Å². The fourth-order valence-electron chi connectivity index (χ4n) is 5.20. The minimum atomic E-state index is -0.464. The highest BCUT2D eigenvalue weighted by atomic mass is 16.2. The molecule has 4 N–H and O–H groups in total. The molecule has 1 aliphatic rings. The van der Waals surface area contributed by atoms with Crippen LogP contribution in [0.3, 0.4) is 0 Å². The molecule has 6 rings (SSSR count). The Balaban J connectivity index is 1.27. The molecule has 196 valence electrons. The van der Waals surface area contributed by atoms with Gasteiger partial charge < -0.3 is 20.9 Å². The minimum absolute atomic E-state index is 0.0668. The number of nitrogens with two attached hydrogens (primary N) is 1. The van der Waals surface area contributed by atoms with Gasteiger partial charge in [-0.15, -0.1) is 0 Å². The van der Waals surface area contributed by atoms with Crippen molar-refractivity contribution in [2.75, 3.05) is 24.1 Å². The Bertz CT molecular complexity index is 1710. The van der Waals surface area contributed by atoms with Crippen LogP contribution in [-0.4, -0.2) is 38.1 Å².